The Balaban J connectivity index is 2.77. The zero-order valence-electron chi connectivity index (χ0n) is 13.4. The van der Waals surface area contributed by atoms with Crippen LogP contribution in [-0.4, -0.2) is 61.7 Å². The number of hydrogen-bond donors (Lipinski definition) is 1. The zero-order valence-corrected chi connectivity index (χ0v) is 15.0. The molecule has 0 aromatic carbocycles. The summed E-state index contributed by atoms with van der Waals surface area (Å²) in [7, 11) is -3.72. The van der Waals surface area contributed by atoms with E-state index in [1.54, 1.807) is 20.8 Å². The van der Waals surface area contributed by atoms with Gasteiger partial charge in [0.25, 0.3) is 5.92 Å². The van der Waals surface area contributed by atoms with Gasteiger partial charge in [0.15, 0.2) is 0 Å². The van der Waals surface area contributed by atoms with Crippen LogP contribution in [0.25, 0.3) is 0 Å². The minimum absolute atomic E-state index is 0.159. The molecule has 10 heteroatoms. The van der Waals surface area contributed by atoms with E-state index in [0.717, 1.165) is 4.90 Å². The van der Waals surface area contributed by atoms with Crippen LogP contribution in [0.1, 0.15) is 33.6 Å². The molecule has 0 aliphatic carbocycles. The third kappa shape index (κ3) is 7.63. The van der Waals surface area contributed by atoms with E-state index < -0.39 is 46.6 Å². The number of piperidine rings is 1. The first kappa shape index (κ1) is 20.4. The molecule has 0 aromatic rings. The molecule has 0 radical (unpaired) electrons. The highest BCUT2D eigenvalue weighted by Crippen LogP contribution is 2.28. The predicted molar refractivity (Wildman–Crippen MR) is 83.4 cm³/mol. The lowest BCUT2D eigenvalue weighted by Gasteiger charge is -2.38. The maximum Gasteiger partial charge on any atom is 0.410 e. The highest BCUT2D eigenvalue weighted by molar-refractivity contribution is 7.89. The van der Waals surface area contributed by atoms with Gasteiger partial charge in [-0.05, 0) is 27.2 Å². The molecule has 136 valence electrons. The van der Waals surface area contributed by atoms with E-state index in [9.17, 15) is 22.0 Å². The van der Waals surface area contributed by atoms with Crippen LogP contribution in [0.2, 0.25) is 0 Å². The van der Waals surface area contributed by atoms with Crippen LogP contribution < -0.4 is 4.72 Å². The van der Waals surface area contributed by atoms with E-state index in [-0.39, 0.29) is 24.6 Å². The molecule has 6 nitrogen and oxygen atoms in total. The fraction of sp³-hybridized carbons (Fsp3) is 0.923. The third-order valence-corrected chi connectivity index (χ3v) is 4.74. The summed E-state index contributed by atoms with van der Waals surface area (Å²) in [6, 6.07) is -1.06. The average Bonchev–Trinajstić information content (AvgIpc) is 2.31. The molecule has 23 heavy (non-hydrogen) atoms. The van der Waals surface area contributed by atoms with Gasteiger partial charge in [-0.1, -0.05) is 0 Å². The summed E-state index contributed by atoms with van der Waals surface area (Å²) in [5.41, 5.74) is -0.820. The lowest BCUT2D eigenvalue weighted by molar-refractivity contribution is -0.0761. The molecule has 0 bridgehead atoms. The maximum absolute atomic E-state index is 13.8. The molecular weight excluding hydrogens is 354 g/mol. The first-order valence-electron chi connectivity index (χ1n) is 7.25. The number of carbonyl (C=O) groups excluding carboxylic acids is 1. The van der Waals surface area contributed by atoms with E-state index in [1.807, 2.05) is 0 Å². The summed E-state index contributed by atoms with van der Waals surface area (Å²) < 4.78 is 58.6. The molecule has 1 N–H and O–H groups in total. The van der Waals surface area contributed by atoms with Crippen LogP contribution in [0.3, 0.4) is 0 Å². The zero-order chi connectivity index (χ0) is 17.9. The Morgan fingerprint density at radius 3 is 2.57 bits per heavy atom. The Morgan fingerprint density at radius 1 is 1.43 bits per heavy atom. The number of alkyl halides is 3. The molecule has 1 aliphatic heterocycles. The largest absolute Gasteiger partial charge is 0.444 e. The molecule has 1 rings (SSSR count). The van der Waals surface area contributed by atoms with Gasteiger partial charge >= 0.3 is 6.09 Å². The van der Waals surface area contributed by atoms with Crippen molar-refractivity contribution in [3.05, 3.63) is 0 Å². The topological polar surface area (TPSA) is 75.7 Å². The molecule has 0 spiro atoms. The molecule has 0 saturated carbocycles. The fourth-order valence-electron chi connectivity index (χ4n) is 2.20. The Morgan fingerprint density at radius 2 is 2.04 bits per heavy atom. The highest BCUT2D eigenvalue weighted by Gasteiger charge is 2.44. The van der Waals surface area contributed by atoms with Gasteiger partial charge < -0.3 is 9.64 Å². The monoisotopic (exact) mass is 376 g/mol. The summed E-state index contributed by atoms with van der Waals surface area (Å²) in [4.78, 5) is 12.8. The van der Waals surface area contributed by atoms with Crippen molar-refractivity contribution in [2.75, 3.05) is 24.7 Å². The number of hydrogen-bond acceptors (Lipinski definition) is 4. The van der Waals surface area contributed by atoms with E-state index in [2.05, 4.69) is 4.72 Å². The summed E-state index contributed by atoms with van der Waals surface area (Å²) in [6.07, 6.45) is -1.33. The van der Waals surface area contributed by atoms with Crippen molar-refractivity contribution in [3.63, 3.8) is 0 Å². The number of nitrogens with zero attached hydrogens (tertiary/aromatic N) is 1. The second-order valence-electron chi connectivity index (χ2n) is 6.60. The molecule has 1 atom stereocenters. The van der Waals surface area contributed by atoms with Gasteiger partial charge in [-0.2, -0.15) is 0 Å². The van der Waals surface area contributed by atoms with Crippen LogP contribution in [0.5, 0.6) is 0 Å². The molecule has 1 fully saturated rings. The summed E-state index contributed by atoms with van der Waals surface area (Å²) in [5.74, 6) is -3.27. The average molecular weight is 377 g/mol. The van der Waals surface area contributed by atoms with E-state index in [1.165, 1.54) is 0 Å². The van der Waals surface area contributed by atoms with Crippen molar-refractivity contribution in [1.82, 2.24) is 9.62 Å². The Kier molecular flexibility index (Phi) is 6.63. The number of rotatable bonds is 5. The van der Waals surface area contributed by atoms with Gasteiger partial charge in [0.2, 0.25) is 10.0 Å². The van der Waals surface area contributed by atoms with Crippen LogP contribution >= 0.6 is 11.6 Å². The minimum atomic E-state index is -3.72. The normalized spacial score (nSPS) is 22.0. The van der Waals surface area contributed by atoms with E-state index in [0.29, 0.717) is 0 Å². The van der Waals surface area contributed by atoms with Gasteiger partial charge in [0.05, 0.1) is 12.3 Å². The van der Waals surface area contributed by atoms with Crippen molar-refractivity contribution in [3.8, 4) is 0 Å². The van der Waals surface area contributed by atoms with Crippen LogP contribution in [0, 0.1) is 0 Å². The number of sulfonamides is 1. The van der Waals surface area contributed by atoms with Gasteiger partial charge in [0.1, 0.15) is 5.60 Å². The summed E-state index contributed by atoms with van der Waals surface area (Å²) >= 11 is 5.44. The number of halogens is 3. The molecule has 0 unspecified atom stereocenters. The number of amides is 1. The van der Waals surface area contributed by atoms with Crippen molar-refractivity contribution < 1.29 is 26.7 Å². The standard InChI is InChI=1S/C13H23ClF2N2O4S/c1-12(2,3)22-11(19)18-8-10(7-13(15,16)9-18)17-23(20,21)6-4-5-14/h10,17H,4-9H2,1-3H3/t10-/m0/s1. The second-order valence-corrected chi connectivity index (χ2v) is 8.85. The Hall–Kier alpha value is -0.670. The maximum atomic E-state index is 13.8. The lowest BCUT2D eigenvalue weighted by Crippen LogP contribution is -2.57. The smallest absolute Gasteiger partial charge is 0.410 e. The van der Waals surface area contributed by atoms with Gasteiger partial charge in [-0.25, -0.2) is 26.7 Å². The van der Waals surface area contributed by atoms with Gasteiger partial charge in [0, 0.05) is 24.9 Å². The first-order valence-corrected chi connectivity index (χ1v) is 9.44. The minimum Gasteiger partial charge on any atom is -0.444 e. The lowest BCUT2D eigenvalue weighted by atomic mass is 10.0. The highest BCUT2D eigenvalue weighted by atomic mass is 35.5. The van der Waals surface area contributed by atoms with Crippen molar-refractivity contribution >= 4 is 27.7 Å². The quantitative estimate of drug-likeness (QED) is 0.746. The van der Waals surface area contributed by atoms with Gasteiger partial charge in [-0.15, -0.1) is 11.6 Å². The number of nitrogens with one attached hydrogen (secondary N) is 1. The number of ether oxygens (including phenoxy) is 1. The molecule has 0 aromatic heterocycles. The van der Waals surface area contributed by atoms with Crippen molar-refractivity contribution in [1.29, 1.82) is 0 Å². The number of carbonyl (C=O) groups is 1. The molecule has 1 amide bonds. The third-order valence-electron chi connectivity index (χ3n) is 2.95. The van der Waals surface area contributed by atoms with Crippen LogP contribution in [-0.2, 0) is 14.8 Å². The first-order chi connectivity index (χ1) is 10.3. The SMILES string of the molecule is CC(C)(C)OC(=O)N1C[C@@H](NS(=O)(=O)CCCCl)CC(F)(F)C1. The Bertz CT molecular complexity index is 523. The summed E-state index contributed by atoms with van der Waals surface area (Å²) in [6.45, 7) is 3.92. The van der Waals surface area contributed by atoms with Crippen LogP contribution in [0.4, 0.5) is 13.6 Å². The fourth-order valence-corrected chi connectivity index (χ4v) is 3.80. The van der Waals surface area contributed by atoms with E-state index >= 15 is 0 Å². The van der Waals surface area contributed by atoms with E-state index in [4.69, 9.17) is 16.3 Å². The van der Waals surface area contributed by atoms with Crippen molar-refractivity contribution in [2.45, 2.75) is 51.2 Å². The molecule has 1 aliphatic rings. The molecule has 1 heterocycles. The molecule has 1 saturated heterocycles. The predicted octanol–water partition coefficient (Wildman–Crippen LogP) is 2.18. The van der Waals surface area contributed by atoms with Crippen molar-refractivity contribution in [2.24, 2.45) is 0 Å². The second kappa shape index (κ2) is 7.48. The van der Waals surface area contributed by atoms with Crippen LogP contribution in [0.15, 0.2) is 0 Å². The Labute approximate surface area is 140 Å². The number of likely N-dealkylation sites (tertiary alicyclic amines) is 1. The van der Waals surface area contributed by atoms with Gasteiger partial charge in [-0.3, -0.25) is 0 Å². The summed E-state index contributed by atoms with van der Waals surface area (Å²) in [5, 5.41) is 0. The molecular formula is C13H23ClF2N2O4S.